The number of carbonyl (C=O) groups is 2. The zero-order chi connectivity index (χ0) is 12.8. The lowest BCUT2D eigenvalue weighted by atomic mass is 10.0. The summed E-state index contributed by atoms with van der Waals surface area (Å²) in [6.07, 6.45) is 0.907. The molecule has 2 N–H and O–H groups in total. The van der Waals surface area contributed by atoms with E-state index in [0.717, 1.165) is 0 Å². The molecule has 17 heavy (non-hydrogen) atoms. The van der Waals surface area contributed by atoms with Gasteiger partial charge in [0.2, 0.25) is 5.91 Å². The first-order valence-electron chi connectivity index (χ1n) is 5.17. The van der Waals surface area contributed by atoms with Gasteiger partial charge in [-0.1, -0.05) is 0 Å². The highest BCUT2D eigenvalue weighted by Crippen LogP contribution is 2.45. The maximum atomic E-state index is 11.6. The summed E-state index contributed by atoms with van der Waals surface area (Å²) in [5.41, 5.74) is -1.64. The van der Waals surface area contributed by atoms with Crippen LogP contribution in [0.15, 0.2) is 11.8 Å². The van der Waals surface area contributed by atoms with E-state index in [0.29, 0.717) is 0 Å². The van der Waals surface area contributed by atoms with Gasteiger partial charge in [-0.2, -0.15) is 0 Å². The molecular weight excluding hydrogens is 228 g/mol. The Bertz CT molecular complexity index is 406. The van der Waals surface area contributed by atoms with Crippen molar-refractivity contribution >= 4 is 11.9 Å². The smallest absolute Gasteiger partial charge is 0.353 e. The molecule has 0 radical (unpaired) electrons. The van der Waals surface area contributed by atoms with Gasteiger partial charge < -0.3 is 14.9 Å². The number of carbonyl (C=O) groups excluding carboxylic acids is 1. The lowest BCUT2D eigenvalue weighted by molar-refractivity contribution is -0.180. The number of ether oxygens (including phenoxy) is 1. The van der Waals surface area contributed by atoms with E-state index in [1.807, 2.05) is 0 Å². The predicted octanol–water partition coefficient (Wildman–Crippen LogP) is -1.21. The maximum absolute atomic E-state index is 11.6. The average Bonchev–Trinajstić information content (AvgIpc) is 2.48. The molecule has 0 spiro atoms. The topological polar surface area (TPSA) is 90.3 Å². The lowest BCUT2D eigenvalue weighted by Gasteiger charge is -2.43. The molecule has 2 heterocycles. The number of nitrogens with zero attached hydrogens (tertiary/aromatic N) is 2. The third-order valence-electron chi connectivity index (χ3n) is 3.08. The number of aliphatic hydroxyl groups is 1. The number of likely N-dealkylation sites (N-methyl/N-ethyl adjacent to an activating group) is 1. The third-order valence-corrected chi connectivity index (χ3v) is 3.08. The molecule has 0 bridgehead atoms. The van der Waals surface area contributed by atoms with Crippen molar-refractivity contribution in [2.75, 3.05) is 20.7 Å². The Morgan fingerprint density at radius 2 is 2.35 bits per heavy atom. The van der Waals surface area contributed by atoms with Crippen molar-refractivity contribution in [2.24, 2.45) is 0 Å². The summed E-state index contributed by atoms with van der Waals surface area (Å²) in [6, 6.07) is 0. The minimum absolute atomic E-state index is 0.0911. The van der Waals surface area contributed by atoms with Crippen LogP contribution in [0.1, 0.15) is 6.42 Å². The molecule has 2 aliphatic heterocycles. The second-order valence-electron chi connectivity index (χ2n) is 4.16. The average molecular weight is 242 g/mol. The molecule has 94 valence electrons. The van der Waals surface area contributed by atoms with E-state index in [-0.39, 0.29) is 24.7 Å². The van der Waals surface area contributed by atoms with Crippen LogP contribution in [0.3, 0.4) is 0 Å². The fourth-order valence-corrected chi connectivity index (χ4v) is 2.33. The van der Waals surface area contributed by atoms with Crippen molar-refractivity contribution < 1.29 is 24.5 Å². The van der Waals surface area contributed by atoms with E-state index in [1.54, 1.807) is 14.1 Å². The largest absolute Gasteiger partial charge is 0.478 e. The van der Waals surface area contributed by atoms with Gasteiger partial charge in [0.15, 0.2) is 12.0 Å². The van der Waals surface area contributed by atoms with E-state index in [2.05, 4.69) is 0 Å². The molecule has 0 aromatic heterocycles. The van der Waals surface area contributed by atoms with Crippen LogP contribution >= 0.6 is 0 Å². The van der Waals surface area contributed by atoms with E-state index in [1.165, 1.54) is 15.9 Å². The number of β-lactam (4-membered cyclic amide) rings is 1. The van der Waals surface area contributed by atoms with Gasteiger partial charge in [-0.3, -0.25) is 14.6 Å². The van der Waals surface area contributed by atoms with Gasteiger partial charge in [0, 0.05) is 0 Å². The molecule has 0 aromatic carbocycles. The predicted molar refractivity (Wildman–Crippen MR) is 55.6 cm³/mol. The number of rotatable bonds is 3. The van der Waals surface area contributed by atoms with Crippen LogP contribution in [0.4, 0.5) is 0 Å². The molecule has 2 atom stereocenters. The van der Waals surface area contributed by atoms with Crippen LogP contribution in [-0.4, -0.2) is 64.5 Å². The lowest BCUT2D eigenvalue weighted by Crippen LogP contribution is -2.68. The first kappa shape index (κ1) is 11.9. The van der Waals surface area contributed by atoms with Crippen molar-refractivity contribution in [2.45, 2.75) is 18.3 Å². The van der Waals surface area contributed by atoms with Crippen molar-refractivity contribution in [3.05, 3.63) is 11.8 Å². The molecular formula is C10H14N2O5. The second kappa shape index (κ2) is 3.71. The Morgan fingerprint density at radius 1 is 1.71 bits per heavy atom. The molecule has 2 saturated heterocycles. The van der Waals surface area contributed by atoms with Crippen molar-refractivity contribution in [1.82, 2.24) is 9.80 Å². The van der Waals surface area contributed by atoms with Crippen LogP contribution < -0.4 is 0 Å². The van der Waals surface area contributed by atoms with Gasteiger partial charge in [0.05, 0.1) is 13.0 Å². The fraction of sp³-hybridized carbons (Fsp3) is 0.600. The normalized spacial score (nSPS) is 33.6. The Balaban J connectivity index is 2.53. The highest BCUT2D eigenvalue weighted by Gasteiger charge is 2.66. The molecule has 2 rings (SSSR count). The summed E-state index contributed by atoms with van der Waals surface area (Å²) in [5.74, 6) is -1.38. The summed E-state index contributed by atoms with van der Waals surface area (Å²) in [6.45, 7) is -0.340. The summed E-state index contributed by atoms with van der Waals surface area (Å²) in [4.78, 5) is 25.7. The monoisotopic (exact) mass is 242 g/mol. The van der Waals surface area contributed by atoms with Gasteiger partial charge in [-0.15, -0.1) is 0 Å². The zero-order valence-electron chi connectivity index (χ0n) is 9.58. The molecule has 7 heteroatoms. The molecule has 0 aliphatic carbocycles. The second-order valence-corrected chi connectivity index (χ2v) is 4.16. The quantitative estimate of drug-likeness (QED) is 0.604. The molecule has 1 amide bonds. The zero-order valence-corrected chi connectivity index (χ0v) is 9.58. The third kappa shape index (κ3) is 1.29. The summed E-state index contributed by atoms with van der Waals surface area (Å²) in [5, 5.41) is 18.3. The van der Waals surface area contributed by atoms with Gasteiger partial charge in [0.1, 0.15) is 0 Å². The number of aliphatic hydroxyl groups excluding tert-OH is 1. The van der Waals surface area contributed by atoms with E-state index in [9.17, 15) is 14.7 Å². The number of carboxylic acids is 1. The Hall–Kier alpha value is -1.60. The fourth-order valence-electron chi connectivity index (χ4n) is 2.33. The van der Waals surface area contributed by atoms with E-state index >= 15 is 0 Å². The summed E-state index contributed by atoms with van der Waals surface area (Å²) in [7, 11) is 3.10. The summed E-state index contributed by atoms with van der Waals surface area (Å²) >= 11 is 0. The van der Waals surface area contributed by atoms with Crippen molar-refractivity contribution in [1.29, 1.82) is 0 Å². The SMILES string of the molecule is CN(C)[C@]1(C(=O)O)/C(=C/CO)O[C@@H]2CC(=O)N21. The van der Waals surface area contributed by atoms with Gasteiger partial charge >= 0.3 is 5.97 Å². The number of hydrogen-bond donors (Lipinski definition) is 2. The van der Waals surface area contributed by atoms with E-state index < -0.39 is 17.9 Å². The summed E-state index contributed by atoms with van der Waals surface area (Å²) < 4.78 is 5.39. The Morgan fingerprint density at radius 3 is 2.76 bits per heavy atom. The minimum Gasteiger partial charge on any atom is -0.478 e. The number of carboxylic acid groups (broad SMARTS) is 1. The van der Waals surface area contributed by atoms with Crippen LogP contribution in [-0.2, 0) is 14.3 Å². The van der Waals surface area contributed by atoms with Crippen LogP contribution in [0.25, 0.3) is 0 Å². The maximum Gasteiger partial charge on any atom is 0.353 e. The van der Waals surface area contributed by atoms with Gasteiger partial charge in [0.25, 0.3) is 5.66 Å². The highest BCUT2D eigenvalue weighted by molar-refractivity contribution is 5.94. The molecule has 0 aromatic rings. The molecule has 7 nitrogen and oxygen atoms in total. The number of hydrogen-bond acceptors (Lipinski definition) is 5. The molecule has 0 unspecified atom stereocenters. The Labute approximate surface area is 97.9 Å². The van der Waals surface area contributed by atoms with Crippen molar-refractivity contribution in [3.8, 4) is 0 Å². The molecule has 2 aliphatic rings. The van der Waals surface area contributed by atoms with Gasteiger partial charge in [-0.05, 0) is 20.2 Å². The standard InChI is InChI=1S/C10H14N2O5/c1-11(2)10(9(15)16)6(3-4-13)17-8-5-7(14)12(8)10/h3,8,13H,4-5H2,1-2H3,(H,15,16)/b6-3-/t8-,10-/m1/s1. The highest BCUT2D eigenvalue weighted by atomic mass is 16.5. The first-order chi connectivity index (χ1) is 7.96. The molecule has 0 saturated carbocycles. The first-order valence-corrected chi connectivity index (χ1v) is 5.17. The minimum atomic E-state index is -1.64. The van der Waals surface area contributed by atoms with Crippen LogP contribution in [0, 0.1) is 0 Å². The Kier molecular flexibility index (Phi) is 2.59. The number of aliphatic carboxylic acids is 1. The van der Waals surface area contributed by atoms with E-state index in [4.69, 9.17) is 9.84 Å². The number of fused-ring (bicyclic) bond motifs is 1. The molecule has 2 fully saturated rings. The van der Waals surface area contributed by atoms with Crippen molar-refractivity contribution in [3.63, 3.8) is 0 Å². The van der Waals surface area contributed by atoms with Crippen LogP contribution in [0.5, 0.6) is 0 Å². The van der Waals surface area contributed by atoms with Crippen LogP contribution in [0.2, 0.25) is 0 Å². The number of amides is 1. The van der Waals surface area contributed by atoms with Gasteiger partial charge in [-0.25, -0.2) is 4.79 Å².